The molecule has 0 aromatic carbocycles. The van der Waals surface area contributed by atoms with E-state index in [9.17, 15) is 13.0 Å². The van der Waals surface area contributed by atoms with Crippen LogP contribution in [0.25, 0.3) is 0 Å². The molecule has 0 radical (unpaired) electrons. The number of rotatable bonds is 21. The van der Waals surface area contributed by atoms with Crippen molar-refractivity contribution in [2.75, 3.05) is 32.7 Å². The van der Waals surface area contributed by atoms with Crippen molar-refractivity contribution in [3.8, 4) is 0 Å². The van der Waals surface area contributed by atoms with Gasteiger partial charge in [-0.25, -0.2) is 17.6 Å². The first-order chi connectivity index (χ1) is 23.3. The summed E-state index contributed by atoms with van der Waals surface area (Å²) in [5, 5.41) is 0. The molecule has 0 fully saturated rings. The van der Waals surface area contributed by atoms with Crippen LogP contribution in [0.5, 0.6) is 0 Å². The van der Waals surface area contributed by atoms with Crippen molar-refractivity contribution in [1.29, 1.82) is 0 Å². The van der Waals surface area contributed by atoms with Crippen LogP contribution < -0.4 is 21.5 Å². The first-order valence-corrected chi connectivity index (χ1v) is 18.6. The lowest BCUT2D eigenvalue weighted by atomic mass is 9.75. The summed E-state index contributed by atoms with van der Waals surface area (Å²) in [5.41, 5.74) is 5.17. The number of nitrogens with zero attached hydrogens (tertiary/aromatic N) is 4. The summed E-state index contributed by atoms with van der Waals surface area (Å²) in [6, 6.07) is 17.4. The zero-order valence-electron chi connectivity index (χ0n) is 28.9. The van der Waals surface area contributed by atoms with E-state index < -0.39 is 10.1 Å². The molecule has 4 atom stereocenters. The molecule has 49 heavy (non-hydrogen) atoms. The van der Waals surface area contributed by atoms with E-state index in [0.717, 1.165) is 32.2 Å². The number of aromatic nitrogens is 4. The van der Waals surface area contributed by atoms with Gasteiger partial charge in [0.25, 0.3) is 0 Å². The summed E-state index contributed by atoms with van der Waals surface area (Å²) >= 11 is 0. The fraction of sp³-hybridized carbons (Fsp3) is 0.474. The Hall–Kier alpha value is -3.28. The third kappa shape index (κ3) is 13.9. The van der Waals surface area contributed by atoms with Gasteiger partial charge in [0.15, 0.2) is 31.3 Å². The van der Waals surface area contributed by atoms with E-state index in [1.165, 1.54) is 22.3 Å². The van der Waals surface area contributed by atoms with E-state index in [4.69, 9.17) is 9.47 Å². The fourth-order valence-corrected chi connectivity index (χ4v) is 6.95. The SMILES string of the molecule is CCC(CC(CC(CC(C)c1ccncc1)c1cc[n+](CCOCCOC)cc1)c1cc[n+](CCCS(=O)(=O)[O-])cc1)c1ccncc1.[Cl-]. The normalized spacial score (nSPS) is 14.0. The summed E-state index contributed by atoms with van der Waals surface area (Å²) in [6.45, 7) is 7.63. The van der Waals surface area contributed by atoms with Crippen molar-refractivity contribution in [2.24, 2.45) is 0 Å². The first-order valence-electron chi connectivity index (χ1n) is 17.0. The number of pyridine rings is 4. The third-order valence-electron chi connectivity index (χ3n) is 9.23. The van der Waals surface area contributed by atoms with Gasteiger partial charge in [0.2, 0.25) is 0 Å². The highest BCUT2D eigenvalue weighted by molar-refractivity contribution is 7.85. The topological polar surface area (TPSA) is 109 Å². The van der Waals surface area contributed by atoms with Crippen molar-refractivity contribution >= 4 is 10.1 Å². The van der Waals surface area contributed by atoms with Crippen LogP contribution in [0.15, 0.2) is 98.1 Å². The Kier molecular flexibility index (Phi) is 17.3. The summed E-state index contributed by atoms with van der Waals surface area (Å²) in [6.07, 6.45) is 20.1. The van der Waals surface area contributed by atoms with Gasteiger partial charge in [-0.2, -0.15) is 0 Å². The van der Waals surface area contributed by atoms with Crippen molar-refractivity contribution in [1.82, 2.24) is 9.97 Å². The van der Waals surface area contributed by atoms with Gasteiger partial charge in [0.1, 0.15) is 13.2 Å². The number of methoxy groups -OCH3 is 1. The molecule has 0 N–H and O–H groups in total. The molecule has 4 unspecified atom stereocenters. The molecule has 0 aliphatic carbocycles. The Labute approximate surface area is 298 Å². The second-order valence-electron chi connectivity index (χ2n) is 12.6. The maximum absolute atomic E-state index is 11.1. The van der Waals surface area contributed by atoms with Crippen LogP contribution in [0.2, 0.25) is 0 Å². The number of halogens is 1. The molecule has 0 aliphatic heterocycles. The second-order valence-corrected chi connectivity index (χ2v) is 14.2. The second kappa shape index (κ2) is 21.1. The zero-order valence-corrected chi connectivity index (χ0v) is 30.5. The molecule has 4 aromatic rings. The lowest BCUT2D eigenvalue weighted by molar-refractivity contribution is -0.698. The van der Waals surface area contributed by atoms with Crippen LogP contribution in [0.4, 0.5) is 0 Å². The summed E-state index contributed by atoms with van der Waals surface area (Å²) in [7, 11) is -2.54. The Morgan fingerprint density at radius 1 is 0.694 bits per heavy atom. The van der Waals surface area contributed by atoms with Gasteiger partial charge in [0.05, 0.1) is 23.3 Å². The van der Waals surface area contributed by atoms with E-state index in [0.29, 0.717) is 50.5 Å². The van der Waals surface area contributed by atoms with Crippen molar-refractivity contribution < 1.29 is 44.0 Å². The van der Waals surface area contributed by atoms with Crippen molar-refractivity contribution in [2.45, 2.75) is 82.7 Å². The van der Waals surface area contributed by atoms with Gasteiger partial charge in [-0.05, 0) is 95.9 Å². The Balaban J connectivity index is 0.00000650. The van der Waals surface area contributed by atoms with Crippen molar-refractivity contribution in [3.63, 3.8) is 0 Å². The van der Waals surface area contributed by atoms with Gasteiger partial charge < -0.3 is 26.4 Å². The van der Waals surface area contributed by atoms with Gasteiger partial charge in [-0.1, -0.05) is 13.8 Å². The lowest BCUT2D eigenvalue weighted by Crippen LogP contribution is -3.00. The minimum absolute atomic E-state index is 0. The standard InChI is InChI=1S/C38H51N4O5S.ClH/c1-4-32(34-8-16-40-17-9-34)29-38(36-10-19-41(20-11-36)18-5-27-48(43,44)45)30-37(28-31(2)33-6-14-39-15-7-33)35-12-21-42(22-13-35)23-24-47-26-25-46-3;/h6-17,19-22,31-32,37-38H,4-5,18,23-30H2,1-3H3;1H/q+1;/p-1. The molecule has 9 nitrogen and oxygen atoms in total. The quantitative estimate of drug-likeness (QED) is 0.0744. The molecule has 4 rings (SSSR count). The lowest BCUT2D eigenvalue weighted by Gasteiger charge is -2.29. The van der Waals surface area contributed by atoms with Crippen LogP contribution in [0.1, 0.15) is 91.9 Å². The number of hydrogen-bond acceptors (Lipinski definition) is 7. The number of aryl methyl sites for hydroxylation is 1. The molecule has 0 aliphatic rings. The summed E-state index contributed by atoms with van der Waals surface area (Å²) in [4.78, 5) is 8.50. The fourth-order valence-electron chi connectivity index (χ4n) is 6.47. The highest BCUT2D eigenvalue weighted by Crippen LogP contribution is 2.41. The van der Waals surface area contributed by atoms with E-state index in [2.05, 4.69) is 89.3 Å². The molecule has 0 saturated carbocycles. The predicted octanol–water partition coefficient (Wildman–Crippen LogP) is 2.69. The maximum Gasteiger partial charge on any atom is 0.171 e. The van der Waals surface area contributed by atoms with E-state index in [1.807, 2.05) is 41.7 Å². The van der Waals surface area contributed by atoms with Crippen LogP contribution in [-0.4, -0.2) is 55.6 Å². The molecule has 4 heterocycles. The third-order valence-corrected chi connectivity index (χ3v) is 10.0. The molecular weight excluding hydrogens is 660 g/mol. The molecule has 0 bridgehead atoms. The molecule has 266 valence electrons. The Morgan fingerprint density at radius 3 is 1.71 bits per heavy atom. The first kappa shape index (κ1) is 40.2. The predicted molar refractivity (Wildman–Crippen MR) is 184 cm³/mol. The molecule has 0 spiro atoms. The van der Waals surface area contributed by atoms with Crippen LogP contribution in [0, 0.1) is 0 Å². The van der Waals surface area contributed by atoms with E-state index in [1.54, 1.807) is 7.11 Å². The monoisotopic (exact) mass is 710 g/mol. The minimum atomic E-state index is -4.22. The maximum atomic E-state index is 11.1. The molecule has 0 amide bonds. The summed E-state index contributed by atoms with van der Waals surface area (Å²) < 4.78 is 48.3. The Bertz CT molecular complexity index is 1580. The van der Waals surface area contributed by atoms with E-state index in [-0.39, 0.29) is 24.1 Å². The van der Waals surface area contributed by atoms with Gasteiger partial charge in [-0.3, -0.25) is 9.97 Å². The molecular formula is C38H51ClN4O5S. The summed E-state index contributed by atoms with van der Waals surface area (Å²) in [5.74, 6) is 0.940. The molecule has 0 saturated heterocycles. The minimum Gasteiger partial charge on any atom is -1.00 e. The highest BCUT2D eigenvalue weighted by atomic mass is 35.5. The smallest absolute Gasteiger partial charge is 0.171 e. The highest BCUT2D eigenvalue weighted by Gasteiger charge is 2.26. The van der Waals surface area contributed by atoms with Gasteiger partial charge in [-0.15, -0.1) is 0 Å². The van der Waals surface area contributed by atoms with Gasteiger partial charge in [0, 0.05) is 68.3 Å². The Morgan fingerprint density at radius 2 is 1.18 bits per heavy atom. The van der Waals surface area contributed by atoms with Crippen molar-refractivity contribution in [3.05, 3.63) is 120 Å². The van der Waals surface area contributed by atoms with Gasteiger partial charge >= 0.3 is 0 Å². The van der Waals surface area contributed by atoms with E-state index >= 15 is 0 Å². The van der Waals surface area contributed by atoms with Crippen LogP contribution in [-0.2, 0) is 32.7 Å². The van der Waals surface area contributed by atoms with Crippen LogP contribution in [0.3, 0.4) is 0 Å². The number of hydrogen-bond donors (Lipinski definition) is 0. The average Bonchev–Trinajstić information content (AvgIpc) is 3.10. The molecule has 11 heteroatoms. The molecule has 4 aromatic heterocycles. The van der Waals surface area contributed by atoms with Crippen LogP contribution >= 0.6 is 0 Å². The zero-order chi connectivity index (χ0) is 34.2. The number of ether oxygens (including phenoxy) is 2. The average molecular weight is 711 g/mol. The largest absolute Gasteiger partial charge is 1.00 e.